The minimum atomic E-state index is -0.699. The Kier molecular flexibility index (Phi) is 6.34. The van der Waals surface area contributed by atoms with Crippen molar-refractivity contribution in [3.05, 3.63) is 83.4 Å². The molecule has 3 atom stereocenters. The normalized spacial score (nSPS) is 19.3. The predicted molar refractivity (Wildman–Crippen MR) is 130 cm³/mol. The van der Waals surface area contributed by atoms with Crippen molar-refractivity contribution in [2.24, 2.45) is 0 Å². The van der Waals surface area contributed by atoms with E-state index < -0.39 is 30.4 Å². The topological polar surface area (TPSA) is 131 Å². The van der Waals surface area contributed by atoms with E-state index in [1.54, 1.807) is 35.2 Å². The van der Waals surface area contributed by atoms with E-state index in [0.29, 0.717) is 28.7 Å². The highest BCUT2D eigenvalue weighted by Crippen LogP contribution is 2.34. The number of esters is 2. The number of imidazole rings is 1. The van der Waals surface area contributed by atoms with Crippen LogP contribution < -0.4 is 5.73 Å². The van der Waals surface area contributed by atoms with Gasteiger partial charge in [0.05, 0.1) is 17.5 Å². The summed E-state index contributed by atoms with van der Waals surface area (Å²) in [5.74, 6) is -0.719. The van der Waals surface area contributed by atoms with Crippen LogP contribution in [0.2, 0.25) is 0 Å². The lowest BCUT2D eigenvalue weighted by molar-refractivity contribution is -0.0563. The van der Waals surface area contributed by atoms with Crippen molar-refractivity contribution in [1.82, 2.24) is 19.5 Å². The molecule has 1 saturated heterocycles. The Balaban J connectivity index is 1.36. The lowest BCUT2D eigenvalue weighted by Crippen LogP contribution is -2.32. The Labute approximate surface area is 207 Å². The summed E-state index contributed by atoms with van der Waals surface area (Å²) in [6.07, 6.45) is 1.27. The molecule has 0 unspecified atom stereocenters. The van der Waals surface area contributed by atoms with Crippen LogP contribution in [0.1, 0.15) is 44.5 Å². The number of nitrogens with two attached hydrogens (primary N) is 1. The summed E-state index contributed by atoms with van der Waals surface area (Å²) < 4.78 is 19.3. The molecular formula is C26H25N5O5. The van der Waals surface area contributed by atoms with Gasteiger partial charge in [-0.1, -0.05) is 35.4 Å². The minimum absolute atomic E-state index is 0.0984. The maximum atomic E-state index is 12.9. The van der Waals surface area contributed by atoms with E-state index >= 15 is 0 Å². The smallest absolute Gasteiger partial charge is 0.338 e. The molecule has 1 fully saturated rings. The number of rotatable bonds is 6. The summed E-state index contributed by atoms with van der Waals surface area (Å²) in [4.78, 5) is 38.0. The molecule has 1 aliphatic heterocycles. The van der Waals surface area contributed by atoms with Gasteiger partial charge in [-0.3, -0.25) is 4.57 Å². The second-order valence-corrected chi connectivity index (χ2v) is 8.72. The SMILES string of the molecule is Cc1ccc(C(=O)OC[C@H]2O[C@@H](n3cnc4c(N)ncnc43)C[C@@H]2OC(=O)c2ccc(C)cc2)cc1. The molecule has 5 rings (SSSR count). The molecule has 36 heavy (non-hydrogen) atoms. The maximum absolute atomic E-state index is 12.9. The first-order valence-corrected chi connectivity index (χ1v) is 11.5. The fourth-order valence-electron chi connectivity index (χ4n) is 4.05. The number of hydrogen-bond acceptors (Lipinski definition) is 9. The van der Waals surface area contributed by atoms with E-state index in [4.69, 9.17) is 19.9 Å². The fourth-order valence-corrected chi connectivity index (χ4v) is 4.05. The van der Waals surface area contributed by atoms with Gasteiger partial charge in [0.15, 0.2) is 11.5 Å². The molecule has 0 bridgehead atoms. The van der Waals surface area contributed by atoms with Crippen molar-refractivity contribution in [3.63, 3.8) is 0 Å². The van der Waals surface area contributed by atoms with Gasteiger partial charge in [0, 0.05) is 6.42 Å². The number of anilines is 1. The number of nitrogen functional groups attached to an aromatic ring is 1. The Hall–Kier alpha value is -4.31. The fraction of sp³-hybridized carbons (Fsp3) is 0.269. The number of benzene rings is 2. The third-order valence-corrected chi connectivity index (χ3v) is 6.09. The van der Waals surface area contributed by atoms with Crippen LogP contribution in [0.25, 0.3) is 11.2 Å². The van der Waals surface area contributed by atoms with Crippen LogP contribution in [-0.4, -0.2) is 50.3 Å². The Morgan fingerprint density at radius 2 is 1.61 bits per heavy atom. The van der Waals surface area contributed by atoms with Crippen molar-refractivity contribution < 1.29 is 23.8 Å². The number of carbonyl (C=O) groups excluding carboxylic acids is 2. The average Bonchev–Trinajstić information content (AvgIpc) is 3.48. The Bertz CT molecular complexity index is 1400. The van der Waals surface area contributed by atoms with Crippen LogP contribution in [-0.2, 0) is 14.2 Å². The molecule has 10 heteroatoms. The summed E-state index contributed by atoms with van der Waals surface area (Å²) in [6, 6.07) is 14.2. The van der Waals surface area contributed by atoms with Gasteiger partial charge in [0.1, 0.15) is 36.9 Å². The molecule has 1 aliphatic rings. The second-order valence-electron chi connectivity index (χ2n) is 8.72. The zero-order valence-electron chi connectivity index (χ0n) is 19.8. The van der Waals surface area contributed by atoms with Gasteiger partial charge >= 0.3 is 11.9 Å². The zero-order chi connectivity index (χ0) is 25.2. The predicted octanol–water partition coefficient (Wildman–Crippen LogP) is 3.40. The van der Waals surface area contributed by atoms with Crippen LogP contribution in [0.5, 0.6) is 0 Å². The number of carbonyl (C=O) groups is 2. The summed E-state index contributed by atoms with van der Waals surface area (Å²) in [7, 11) is 0. The zero-order valence-corrected chi connectivity index (χ0v) is 19.8. The number of fused-ring (bicyclic) bond motifs is 1. The van der Waals surface area contributed by atoms with Gasteiger partial charge < -0.3 is 19.9 Å². The largest absolute Gasteiger partial charge is 0.459 e. The molecule has 2 aromatic carbocycles. The lowest BCUT2D eigenvalue weighted by atomic mass is 10.1. The van der Waals surface area contributed by atoms with Crippen LogP contribution >= 0.6 is 0 Å². The van der Waals surface area contributed by atoms with Gasteiger partial charge in [-0.05, 0) is 38.1 Å². The number of aryl methyl sites for hydroxylation is 2. The van der Waals surface area contributed by atoms with Crippen LogP contribution in [0.15, 0.2) is 61.2 Å². The highest BCUT2D eigenvalue weighted by molar-refractivity contribution is 5.90. The molecule has 2 N–H and O–H groups in total. The second kappa shape index (κ2) is 9.74. The van der Waals surface area contributed by atoms with E-state index in [0.717, 1.165) is 11.1 Å². The van der Waals surface area contributed by atoms with Gasteiger partial charge in [-0.15, -0.1) is 0 Å². The van der Waals surface area contributed by atoms with Crippen LogP contribution in [0.3, 0.4) is 0 Å². The summed E-state index contributed by atoms with van der Waals surface area (Å²) in [5, 5.41) is 0. The standard InChI is InChI=1S/C26H25N5O5/c1-15-3-7-17(8-4-15)25(32)34-12-20-19(36-26(33)18-9-5-16(2)6-10-18)11-21(35-20)31-14-30-22-23(27)28-13-29-24(22)31/h3-10,13-14,19-21H,11-12H2,1-2H3,(H2,27,28,29)/t19-,20+,21+/m0/s1. The van der Waals surface area contributed by atoms with E-state index in [9.17, 15) is 9.59 Å². The third kappa shape index (κ3) is 4.76. The molecule has 0 spiro atoms. The van der Waals surface area contributed by atoms with Gasteiger partial charge in [-0.25, -0.2) is 24.5 Å². The molecule has 0 saturated carbocycles. The van der Waals surface area contributed by atoms with Crippen molar-refractivity contribution in [2.75, 3.05) is 12.3 Å². The number of aromatic nitrogens is 4. The van der Waals surface area contributed by atoms with Crippen molar-refractivity contribution in [1.29, 1.82) is 0 Å². The molecule has 2 aromatic heterocycles. The van der Waals surface area contributed by atoms with Crippen molar-refractivity contribution >= 4 is 28.9 Å². The first kappa shape index (κ1) is 23.4. The number of hydrogen-bond donors (Lipinski definition) is 1. The van der Waals surface area contributed by atoms with Crippen LogP contribution in [0.4, 0.5) is 5.82 Å². The molecule has 4 aromatic rings. The molecule has 3 heterocycles. The first-order chi connectivity index (χ1) is 17.4. The maximum Gasteiger partial charge on any atom is 0.338 e. The summed E-state index contributed by atoms with van der Waals surface area (Å²) >= 11 is 0. The van der Waals surface area contributed by atoms with E-state index in [2.05, 4.69) is 15.0 Å². The van der Waals surface area contributed by atoms with Crippen LogP contribution in [0, 0.1) is 13.8 Å². The highest BCUT2D eigenvalue weighted by atomic mass is 16.6. The van der Waals surface area contributed by atoms with E-state index in [-0.39, 0.29) is 12.4 Å². The van der Waals surface area contributed by atoms with E-state index in [1.165, 1.54) is 6.33 Å². The van der Waals surface area contributed by atoms with Crippen molar-refractivity contribution in [2.45, 2.75) is 38.7 Å². The Morgan fingerprint density at radius 3 is 2.28 bits per heavy atom. The van der Waals surface area contributed by atoms with Gasteiger partial charge in [0.25, 0.3) is 0 Å². The molecule has 0 radical (unpaired) electrons. The van der Waals surface area contributed by atoms with Gasteiger partial charge in [-0.2, -0.15) is 0 Å². The highest BCUT2D eigenvalue weighted by Gasteiger charge is 2.40. The van der Waals surface area contributed by atoms with Gasteiger partial charge in [0.2, 0.25) is 0 Å². The summed E-state index contributed by atoms with van der Waals surface area (Å²) in [5.41, 5.74) is 9.78. The molecule has 10 nitrogen and oxygen atoms in total. The summed E-state index contributed by atoms with van der Waals surface area (Å²) in [6.45, 7) is 3.78. The number of nitrogens with zero attached hydrogens (tertiary/aromatic N) is 4. The monoisotopic (exact) mass is 487 g/mol. The quantitative estimate of drug-likeness (QED) is 0.406. The van der Waals surface area contributed by atoms with E-state index in [1.807, 2.05) is 38.1 Å². The lowest BCUT2D eigenvalue weighted by Gasteiger charge is -2.19. The first-order valence-electron chi connectivity index (χ1n) is 11.5. The minimum Gasteiger partial charge on any atom is -0.459 e. The molecule has 0 aliphatic carbocycles. The molecular weight excluding hydrogens is 462 g/mol. The van der Waals surface area contributed by atoms with Crippen molar-refractivity contribution in [3.8, 4) is 0 Å². The number of ether oxygens (including phenoxy) is 3. The molecule has 184 valence electrons. The molecule has 0 amide bonds. The Morgan fingerprint density at radius 1 is 0.972 bits per heavy atom. The third-order valence-electron chi connectivity index (χ3n) is 6.09. The average molecular weight is 488 g/mol.